The number of thiazole rings is 1. The lowest BCUT2D eigenvalue weighted by atomic mass is 10.2. The lowest BCUT2D eigenvalue weighted by Crippen LogP contribution is -2.38. The Morgan fingerprint density at radius 2 is 2.08 bits per heavy atom. The first-order valence-electron chi connectivity index (χ1n) is 8.25. The van der Waals surface area contributed by atoms with E-state index in [0.29, 0.717) is 6.61 Å². The normalized spacial score (nSPS) is 11.9. The second-order valence-corrected chi connectivity index (χ2v) is 6.55. The minimum atomic E-state index is -0.702. The number of benzene rings is 1. The molecule has 0 fully saturated rings. The van der Waals surface area contributed by atoms with Crippen LogP contribution in [0.25, 0.3) is 6.08 Å². The number of hydrogen-bond donors (Lipinski definition) is 1. The molecule has 0 saturated carbocycles. The molecule has 26 heavy (non-hydrogen) atoms. The smallest absolute Gasteiger partial charge is 0.328 e. The van der Waals surface area contributed by atoms with E-state index in [2.05, 4.69) is 10.3 Å². The largest absolute Gasteiger partial charge is 0.497 e. The molecule has 2 aromatic rings. The number of carbonyl (C=O) groups excluding carboxylic acids is 2. The maximum atomic E-state index is 11.9. The van der Waals surface area contributed by atoms with Gasteiger partial charge in [0.2, 0.25) is 5.91 Å². The van der Waals surface area contributed by atoms with Gasteiger partial charge in [-0.05, 0) is 43.5 Å². The summed E-state index contributed by atoms with van der Waals surface area (Å²) in [6, 6.07) is 6.59. The van der Waals surface area contributed by atoms with Crippen LogP contribution < -0.4 is 10.1 Å². The van der Waals surface area contributed by atoms with Gasteiger partial charge in [-0.25, -0.2) is 4.79 Å². The summed E-state index contributed by atoms with van der Waals surface area (Å²) < 4.78 is 10.3. The molecule has 0 spiro atoms. The zero-order chi connectivity index (χ0) is 18.8. The summed E-state index contributed by atoms with van der Waals surface area (Å²) in [6.45, 7) is 1.92. The summed E-state index contributed by atoms with van der Waals surface area (Å²) in [7, 11) is 1.60. The molecule has 0 aliphatic heterocycles. The third kappa shape index (κ3) is 6.68. The van der Waals surface area contributed by atoms with Gasteiger partial charge >= 0.3 is 5.97 Å². The zero-order valence-corrected chi connectivity index (χ0v) is 15.6. The van der Waals surface area contributed by atoms with Gasteiger partial charge in [-0.2, -0.15) is 0 Å². The fourth-order valence-corrected chi connectivity index (χ4v) is 2.76. The monoisotopic (exact) mass is 374 g/mol. The van der Waals surface area contributed by atoms with Crippen molar-refractivity contribution in [3.05, 3.63) is 52.5 Å². The molecule has 0 aliphatic carbocycles. The van der Waals surface area contributed by atoms with Crippen molar-refractivity contribution >= 4 is 29.3 Å². The average Bonchev–Trinajstić information content (AvgIpc) is 3.17. The van der Waals surface area contributed by atoms with E-state index < -0.39 is 12.0 Å². The number of aryl methyl sites for hydroxylation is 1. The van der Waals surface area contributed by atoms with E-state index in [1.54, 1.807) is 37.0 Å². The molecule has 0 radical (unpaired) electrons. The van der Waals surface area contributed by atoms with Crippen LogP contribution >= 0.6 is 11.3 Å². The Hall–Kier alpha value is -2.67. The number of nitrogens with one attached hydrogen (secondary N) is 1. The Bertz CT molecular complexity index is 727. The Labute approximate surface area is 156 Å². The molecule has 0 aliphatic rings. The quantitative estimate of drug-likeness (QED) is 0.415. The number of amides is 1. The standard InChI is InChI=1S/C19H22N2O4S/c1-14(19(23)25-11-3-4-17-12-20-13-26-17)21-18(22)10-7-15-5-8-16(24-2)9-6-15/h5-10,12-14H,3-4,11H2,1-2H3,(H,21,22)/b10-7+. The number of rotatable bonds is 9. The number of hydrogen-bond acceptors (Lipinski definition) is 6. The predicted octanol–water partition coefficient (Wildman–Crippen LogP) is 2.85. The van der Waals surface area contributed by atoms with E-state index in [4.69, 9.17) is 9.47 Å². The van der Waals surface area contributed by atoms with Crippen molar-refractivity contribution in [1.29, 1.82) is 0 Å². The van der Waals surface area contributed by atoms with Gasteiger partial charge < -0.3 is 14.8 Å². The molecular formula is C19H22N2O4S. The van der Waals surface area contributed by atoms with Crippen molar-refractivity contribution in [2.24, 2.45) is 0 Å². The van der Waals surface area contributed by atoms with Crippen LogP contribution in [0.4, 0.5) is 0 Å². The van der Waals surface area contributed by atoms with Gasteiger partial charge in [0.15, 0.2) is 0 Å². The minimum absolute atomic E-state index is 0.318. The fraction of sp³-hybridized carbons (Fsp3) is 0.316. The highest BCUT2D eigenvalue weighted by Crippen LogP contribution is 2.12. The third-order valence-corrected chi connectivity index (χ3v) is 4.39. The van der Waals surface area contributed by atoms with Crippen molar-refractivity contribution in [3.8, 4) is 5.75 Å². The molecular weight excluding hydrogens is 352 g/mol. The Balaban J connectivity index is 1.69. The van der Waals surface area contributed by atoms with Gasteiger partial charge in [0.05, 0.1) is 19.2 Å². The van der Waals surface area contributed by atoms with Crippen molar-refractivity contribution in [2.75, 3.05) is 13.7 Å². The number of ether oxygens (including phenoxy) is 2. The van der Waals surface area contributed by atoms with Crippen LogP contribution in [0.3, 0.4) is 0 Å². The van der Waals surface area contributed by atoms with Crippen LogP contribution in [0.2, 0.25) is 0 Å². The fourth-order valence-electron chi connectivity index (χ4n) is 2.12. The summed E-state index contributed by atoms with van der Waals surface area (Å²) in [5, 5.41) is 2.59. The second kappa shape index (κ2) is 10.4. The van der Waals surface area contributed by atoms with Gasteiger partial charge in [-0.1, -0.05) is 12.1 Å². The number of esters is 1. The number of aromatic nitrogens is 1. The first-order valence-corrected chi connectivity index (χ1v) is 9.13. The molecule has 1 N–H and O–H groups in total. The van der Waals surface area contributed by atoms with Crippen molar-refractivity contribution in [3.63, 3.8) is 0 Å². The van der Waals surface area contributed by atoms with Crippen LogP contribution in [0.1, 0.15) is 23.8 Å². The first kappa shape index (κ1) is 19.7. The molecule has 138 valence electrons. The van der Waals surface area contributed by atoms with Crippen molar-refractivity contribution in [2.45, 2.75) is 25.8 Å². The third-order valence-electron chi connectivity index (χ3n) is 3.55. The lowest BCUT2D eigenvalue weighted by Gasteiger charge is -2.12. The van der Waals surface area contributed by atoms with Gasteiger partial charge in [0, 0.05) is 17.2 Å². The highest BCUT2D eigenvalue weighted by Gasteiger charge is 2.15. The summed E-state index contributed by atoms with van der Waals surface area (Å²) in [6.07, 6.45) is 6.41. The molecule has 0 saturated heterocycles. The summed E-state index contributed by atoms with van der Waals surface area (Å²) in [4.78, 5) is 29.0. The molecule has 1 aromatic carbocycles. The highest BCUT2D eigenvalue weighted by molar-refractivity contribution is 7.09. The van der Waals surface area contributed by atoms with Crippen LogP contribution in [-0.2, 0) is 20.7 Å². The maximum Gasteiger partial charge on any atom is 0.328 e. The molecule has 7 heteroatoms. The lowest BCUT2D eigenvalue weighted by molar-refractivity contribution is -0.147. The Kier molecular flexibility index (Phi) is 7.82. The molecule has 1 amide bonds. The molecule has 1 atom stereocenters. The highest BCUT2D eigenvalue weighted by atomic mass is 32.1. The molecule has 2 rings (SSSR count). The number of methoxy groups -OCH3 is 1. The van der Waals surface area contributed by atoms with Crippen molar-refractivity contribution in [1.82, 2.24) is 10.3 Å². The average molecular weight is 374 g/mol. The first-order chi connectivity index (χ1) is 12.6. The van der Waals surface area contributed by atoms with Crippen LogP contribution in [0.15, 0.2) is 42.0 Å². The predicted molar refractivity (Wildman–Crippen MR) is 101 cm³/mol. The Morgan fingerprint density at radius 1 is 1.31 bits per heavy atom. The van der Waals surface area contributed by atoms with Gasteiger partial charge in [-0.3, -0.25) is 9.78 Å². The van der Waals surface area contributed by atoms with Gasteiger partial charge in [0.1, 0.15) is 11.8 Å². The summed E-state index contributed by atoms with van der Waals surface area (Å²) in [5.41, 5.74) is 2.64. The van der Waals surface area contributed by atoms with Gasteiger partial charge in [-0.15, -0.1) is 11.3 Å². The zero-order valence-electron chi connectivity index (χ0n) is 14.8. The van der Waals surface area contributed by atoms with E-state index in [0.717, 1.165) is 29.0 Å². The van der Waals surface area contributed by atoms with Crippen LogP contribution in [0, 0.1) is 0 Å². The van der Waals surface area contributed by atoms with Crippen LogP contribution in [-0.4, -0.2) is 36.6 Å². The summed E-state index contributed by atoms with van der Waals surface area (Å²) in [5.74, 6) is -0.0475. The second-order valence-electron chi connectivity index (χ2n) is 5.58. The van der Waals surface area contributed by atoms with E-state index in [1.165, 1.54) is 6.08 Å². The SMILES string of the molecule is COc1ccc(/C=C/C(=O)NC(C)C(=O)OCCCc2cncs2)cc1. The van der Waals surface area contributed by atoms with E-state index in [-0.39, 0.29) is 5.91 Å². The maximum absolute atomic E-state index is 11.9. The Morgan fingerprint density at radius 3 is 2.73 bits per heavy atom. The van der Waals surface area contributed by atoms with E-state index in [9.17, 15) is 9.59 Å². The molecule has 6 nitrogen and oxygen atoms in total. The molecule has 1 heterocycles. The number of carbonyl (C=O) groups is 2. The molecule has 0 bridgehead atoms. The minimum Gasteiger partial charge on any atom is -0.497 e. The topological polar surface area (TPSA) is 77.5 Å². The van der Waals surface area contributed by atoms with E-state index in [1.807, 2.05) is 30.5 Å². The van der Waals surface area contributed by atoms with Crippen molar-refractivity contribution < 1.29 is 19.1 Å². The van der Waals surface area contributed by atoms with Crippen LogP contribution in [0.5, 0.6) is 5.75 Å². The summed E-state index contributed by atoms with van der Waals surface area (Å²) >= 11 is 1.58. The molecule has 1 unspecified atom stereocenters. The van der Waals surface area contributed by atoms with Gasteiger partial charge in [0.25, 0.3) is 0 Å². The van der Waals surface area contributed by atoms with E-state index >= 15 is 0 Å². The number of nitrogens with zero attached hydrogens (tertiary/aromatic N) is 1. The molecule has 1 aromatic heterocycles.